The molecule has 9 heteroatoms. The zero-order chi connectivity index (χ0) is 21.3. The lowest BCUT2D eigenvalue weighted by Gasteiger charge is -2.07. The van der Waals surface area contributed by atoms with Crippen molar-refractivity contribution in [2.24, 2.45) is 12.0 Å². The smallest absolute Gasteiger partial charge is 0.279 e. The van der Waals surface area contributed by atoms with Crippen molar-refractivity contribution in [3.63, 3.8) is 0 Å². The van der Waals surface area contributed by atoms with Gasteiger partial charge >= 0.3 is 0 Å². The first-order valence-electron chi connectivity index (χ1n) is 8.83. The van der Waals surface area contributed by atoms with E-state index in [4.69, 9.17) is 9.47 Å². The number of sulfone groups is 1. The highest BCUT2D eigenvalue weighted by Gasteiger charge is 2.19. The number of nitrogens with zero attached hydrogens (tertiary/aromatic N) is 2. The van der Waals surface area contributed by atoms with Crippen molar-refractivity contribution in [2.75, 3.05) is 14.2 Å². The third kappa shape index (κ3) is 3.92. The van der Waals surface area contributed by atoms with Gasteiger partial charge in [0.05, 0.1) is 34.6 Å². The van der Waals surface area contributed by atoms with Crippen LogP contribution in [-0.2, 0) is 16.9 Å². The number of aryl methyl sites for hydroxylation is 1. The number of thiazole rings is 1. The van der Waals surface area contributed by atoms with Crippen LogP contribution in [0.15, 0.2) is 46.3 Å². The summed E-state index contributed by atoms with van der Waals surface area (Å²) in [6.45, 7) is 3.24. The molecule has 0 saturated carbocycles. The standard InChI is InChI=1S/C20H22N2O5S2/c1-12(2)29(24,25)14-8-6-13(7-9-14)19(23)21-20-22(3)15-10-16(26-4)17(27-5)11-18(15)28-20/h6-12H,1-5H3. The largest absolute Gasteiger partial charge is 0.493 e. The number of amides is 1. The molecule has 3 rings (SSSR count). The Morgan fingerprint density at radius 2 is 1.66 bits per heavy atom. The molecular weight excluding hydrogens is 412 g/mol. The van der Waals surface area contributed by atoms with Crippen molar-refractivity contribution >= 4 is 37.3 Å². The van der Waals surface area contributed by atoms with Crippen molar-refractivity contribution in [1.82, 2.24) is 4.57 Å². The SMILES string of the molecule is COc1cc2sc(=NC(=O)c3ccc(S(=O)(=O)C(C)C)cc3)n(C)c2cc1OC. The Morgan fingerprint density at radius 3 is 2.21 bits per heavy atom. The molecule has 29 heavy (non-hydrogen) atoms. The summed E-state index contributed by atoms with van der Waals surface area (Å²) in [4.78, 5) is 17.5. The number of methoxy groups -OCH3 is 2. The second-order valence-electron chi connectivity index (χ2n) is 6.65. The van der Waals surface area contributed by atoms with Gasteiger partial charge in [-0.2, -0.15) is 4.99 Å². The van der Waals surface area contributed by atoms with Crippen LogP contribution in [0.2, 0.25) is 0 Å². The molecule has 0 saturated heterocycles. The predicted molar refractivity (Wildman–Crippen MR) is 113 cm³/mol. The second-order valence-corrected chi connectivity index (χ2v) is 10.2. The molecule has 0 atom stereocenters. The third-order valence-electron chi connectivity index (χ3n) is 4.56. The van der Waals surface area contributed by atoms with Crippen LogP contribution >= 0.6 is 11.3 Å². The molecule has 0 unspecified atom stereocenters. The average molecular weight is 435 g/mol. The van der Waals surface area contributed by atoms with Crippen LogP contribution in [0.25, 0.3) is 10.2 Å². The summed E-state index contributed by atoms with van der Waals surface area (Å²) in [6, 6.07) is 9.53. The first kappa shape index (κ1) is 21.1. The molecular formula is C20H22N2O5S2. The number of hydrogen-bond acceptors (Lipinski definition) is 6. The highest BCUT2D eigenvalue weighted by Crippen LogP contribution is 2.33. The van der Waals surface area contributed by atoms with Gasteiger partial charge in [0, 0.05) is 24.7 Å². The van der Waals surface area contributed by atoms with Gasteiger partial charge in [0.25, 0.3) is 5.91 Å². The monoisotopic (exact) mass is 434 g/mol. The van der Waals surface area contributed by atoms with Gasteiger partial charge in [-0.05, 0) is 38.1 Å². The molecule has 2 aromatic carbocycles. The minimum atomic E-state index is -3.38. The molecule has 0 bridgehead atoms. The number of benzene rings is 2. The Hall–Kier alpha value is -2.65. The summed E-state index contributed by atoms with van der Waals surface area (Å²) < 4.78 is 37.8. The van der Waals surface area contributed by atoms with Crippen molar-refractivity contribution in [3.8, 4) is 11.5 Å². The fourth-order valence-corrected chi connectivity index (χ4v) is 4.86. The molecule has 0 spiro atoms. The van der Waals surface area contributed by atoms with Crippen LogP contribution in [-0.4, -0.2) is 38.4 Å². The summed E-state index contributed by atoms with van der Waals surface area (Å²) in [7, 11) is 1.56. The van der Waals surface area contributed by atoms with Gasteiger partial charge in [0.15, 0.2) is 26.1 Å². The summed E-state index contributed by atoms with van der Waals surface area (Å²) in [5.74, 6) is 0.745. The van der Waals surface area contributed by atoms with Gasteiger partial charge in [-0.15, -0.1) is 0 Å². The fraction of sp³-hybridized carbons (Fsp3) is 0.300. The second kappa shape index (κ2) is 8.00. The van der Waals surface area contributed by atoms with Crippen LogP contribution in [0, 0.1) is 0 Å². The lowest BCUT2D eigenvalue weighted by molar-refractivity contribution is 0.0998. The number of carbonyl (C=O) groups is 1. The number of aromatic nitrogens is 1. The number of rotatable bonds is 5. The molecule has 0 N–H and O–H groups in total. The normalized spacial score (nSPS) is 12.6. The van der Waals surface area contributed by atoms with E-state index in [1.165, 1.54) is 35.6 Å². The number of hydrogen-bond donors (Lipinski definition) is 0. The molecule has 0 radical (unpaired) electrons. The minimum absolute atomic E-state index is 0.190. The maximum absolute atomic E-state index is 12.6. The van der Waals surface area contributed by atoms with E-state index in [0.29, 0.717) is 21.9 Å². The number of carbonyl (C=O) groups excluding carboxylic acids is 1. The molecule has 0 aliphatic carbocycles. The molecule has 3 aromatic rings. The Balaban J connectivity index is 2.01. The summed E-state index contributed by atoms with van der Waals surface area (Å²) >= 11 is 1.35. The van der Waals surface area contributed by atoms with Crippen molar-refractivity contribution in [2.45, 2.75) is 24.0 Å². The first-order chi connectivity index (χ1) is 13.7. The van der Waals surface area contributed by atoms with E-state index in [9.17, 15) is 13.2 Å². The predicted octanol–water partition coefficient (Wildman–Crippen LogP) is 3.18. The van der Waals surface area contributed by atoms with Crippen molar-refractivity contribution in [3.05, 3.63) is 46.8 Å². The fourth-order valence-electron chi connectivity index (χ4n) is 2.77. The highest BCUT2D eigenvalue weighted by atomic mass is 32.2. The maximum atomic E-state index is 12.6. The van der Waals surface area contributed by atoms with Crippen molar-refractivity contribution in [1.29, 1.82) is 0 Å². The van der Waals surface area contributed by atoms with E-state index in [-0.39, 0.29) is 4.90 Å². The van der Waals surface area contributed by atoms with E-state index in [1.54, 1.807) is 32.6 Å². The van der Waals surface area contributed by atoms with Gasteiger partial charge in [0.1, 0.15) is 0 Å². The van der Waals surface area contributed by atoms with E-state index in [1.807, 2.05) is 19.2 Å². The van der Waals surface area contributed by atoms with E-state index in [2.05, 4.69) is 4.99 Å². The maximum Gasteiger partial charge on any atom is 0.279 e. The van der Waals surface area contributed by atoms with Crippen molar-refractivity contribution < 1.29 is 22.7 Å². The minimum Gasteiger partial charge on any atom is -0.493 e. The lowest BCUT2D eigenvalue weighted by atomic mass is 10.2. The Labute approximate surface area is 173 Å². The summed E-state index contributed by atoms with van der Waals surface area (Å²) in [6.07, 6.45) is 0. The molecule has 1 heterocycles. The van der Waals surface area contributed by atoms with E-state index < -0.39 is 21.0 Å². The quantitative estimate of drug-likeness (QED) is 0.616. The summed E-state index contributed by atoms with van der Waals surface area (Å²) in [5, 5.41) is -0.527. The molecule has 1 amide bonds. The topological polar surface area (TPSA) is 87.0 Å². The van der Waals surface area contributed by atoms with Gasteiger partial charge in [-0.3, -0.25) is 4.79 Å². The van der Waals surface area contributed by atoms with Gasteiger partial charge in [-0.1, -0.05) is 11.3 Å². The van der Waals surface area contributed by atoms with Crippen LogP contribution in [0.5, 0.6) is 11.5 Å². The molecule has 0 aliphatic heterocycles. The Kier molecular flexibility index (Phi) is 5.81. The average Bonchev–Trinajstić information content (AvgIpc) is 3.01. The molecule has 0 aliphatic rings. The van der Waals surface area contributed by atoms with Gasteiger partial charge < -0.3 is 14.0 Å². The molecule has 1 aromatic heterocycles. The third-order valence-corrected chi connectivity index (χ3v) is 7.83. The van der Waals surface area contributed by atoms with Gasteiger partial charge in [-0.25, -0.2) is 8.42 Å². The highest BCUT2D eigenvalue weighted by molar-refractivity contribution is 7.92. The zero-order valence-electron chi connectivity index (χ0n) is 16.8. The summed E-state index contributed by atoms with van der Waals surface area (Å²) in [5.41, 5.74) is 1.18. The van der Waals surface area contributed by atoms with Crippen LogP contribution < -0.4 is 14.3 Å². The Morgan fingerprint density at radius 1 is 1.07 bits per heavy atom. The zero-order valence-corrected chi connectivity index (χ0v) is 18.4. The van der Waals surface area contributed by atoms with Crippen LogP contribution in [0.1, 0.15) is 24.2 Å². The lowest BCUT2D eigenvalue weighted by Crippen LogP contribution is -2.15. The molecule has 154 valence electrons. The number of fused-ring (bicyclic) bond motifs is 1. The number of ether oxygens (including phenoxy) is 2. The first-order valence-corrected chi connectivity index (χ1v) is 11.2. The van der Waals surface area contributed by atoms with Crippen LogP contribution in [0.4, 0.5) is 0 Å². The van der Waals surface area contributed by atoms with Crippen LogP contribution in [0.3, 0.4) is 0 Å². The van der Waals surface area contributed by atoms with E-state index in [0.717, 1.165) is 10.2 Å². The molecule has 0 fully saturated rings. The van der Waals surface area contributed by atoms with E-state index >= 15 is 0 Å². The Bertz CT molecular complexity index is 1240. The van der Waals surface area contributed by atoms with Gasteiger partial charge in [0.2, 0.25) is 0 Å². The molecule has 7 nitrogen and oxygen atoms in total.